The highest BCUT2D eigenvalue weighted by Gasteiger charge is 1.77. The number of thiol groups is 1. The summed E-state index contributed by atoms with van der Waals surface area (Å²) in [5, 5.41) is 0. The highest BCUT2D eigenvalue weighted by molar-refractivity contribution is 7.78. The second-order valence-electron chi connectivity index (χ2n) is 1.41. The van der Waals surface area contributed by atoms with Gasteiger partial charge in [-0.05, 0) is 0 Å². The van der Waals surface area contributed by atoms with Crippen LogP contribution < -0.4 is 5.43 Å². The lowest BCUT2D eigenvalue weighted by Crippen LogP contribution is -1.95. The van der Waals surface area contributed by atoms with Gasteiger partial charge in [0.05, 0.1) is 0 Å². The minimum atomic E-state index is 0.00954. The van der Waals surface area contributed by atoms with E-state index in [1.54, 1.807) is 12.4 Å². The van der Waals surface area contributed by atoms with E-state index >= 15 is 0 Å². The third kappa shape index (κ3) is 1.13. The largest absolute Gasteiger partial charge is 0.301 e. The zero-order valence-corrected chi connectivity index (χ0v) is 5.01. The van der Waals surface area contributed by atoms with Crippen molar-refractivity contribution in [1.82, 2.24) is 3.97 Å². The highest BCUT2D eigenvalue weighted by Crippen LogP contribution is 1.82. The van der Waals surface area contributed by atoms with Crippen molar-refractivity contribution >= 4 is 12.8 Å². The van der Waals surface area contributed by atoms with Crippen LogP contribution >= 0.6 is 12.8 Å². The molecule has 0 aliphatic rings. The minimum Gasteiger partial charge on any atom is -0.301 e. The summed E-state index contributed by atoms with van der Waals surface area (Å²) in [4.78, 5) is 10.4. The molecule has 0 amide bonds. The molecule has 8 heavy (non-hydrogen) atoms. The molecule has 0 aromatic carbocycles. The zero-order valence-electron chi connectivity index (χ0n) is 4.11. The first-order valence-electron chi connectivity index (χ1n) is 2.16. The van der Waals surface area contributed by atoms with Crippen LogP contribution in [-0.4, -0.2) is 3.97 Å². The van der Waals surface area contributed by atoms with Gasteiger partial charge in [0, 0.05) is 24.5 Å². The van der Waals surface area contributed by atoms with Crippen LogP contribution in [-0.2, 0) is 0 Å². The zero-order chi connectivity index (χ0) is 5.98. The molecule has 0 aliphatic carbocycles. The molecule has 0 unspecified atom stereocenters. The molecule has 1 aromatic rings. The Kier molecular flexibility index (Phi) is 1.39. The maximum absolute atomic E-state index is 10.4. The topological polar surface area (TPSA) is 22.0 Å². The number of nitrogens with zero attached hydrogens (tertiary/aromatic N) is 1. The van der Waals surface area contributed by atoms with Crippen molar-refractivity contribution in [3.63, 3.8) is 0 Å². The molecule has 0 bridgehead atoms. The van der Waals surface area contributed by atoms with Crippen molar-refractivity contribution in [3.05, 3.63) is 34.7 Å². The Morgan fingerprint density at radius 1 is 1.38 bits per heavy atom. The molecule has 0 aliphatic heterocycles. The van der Waals surface area contributed by atoms with Gasteiger partial charge in [-0.15, -0.1) is 0 Å². The Morgan fingerprint density at radius 2 is 1.88 bits per heavy atom. The lowest BCUT2D eigenvalue weighted by molar-refractivity contribution is 1.22. The van der Waals surface area contributed by atoms with Gasteiger partial charge in [0.15, 0.2) is 5.43 Å². The fourth-order valence-electron chi connectivity index (χ4n) is 0.405. The van der Waals surface area contributed by atoms with Crippen LogP contribution in [0.3, 0.4) is 0 Å². The average molecular weight is 127 g/mol. The van der Waals surface area contributed by atoms with Gasteiger partial charge in [-0.25, -0.2) is 0 Å². The lowest BCUT2D eigenvalue weighted by Gasteiger charge is -1.88. The first-order chi connectivity index (χ1) is 3.79. The van der Waals surface area contributed by atoms with Crippen LogP contribution in [0, 0.1) is 0 Å². The summed E-state index contributed by atoms with van der Waals surface area (Å²) in [5.74, 6) is 0. The Morgan fingerprint density at radius 3 is 2.25 bits per heavy atom. The SMILES string of the molecule is O=c1ccn(S)cc1. The molecule has 0 spiro atoms. The summed E-state index contributed by atoms with van der Waals surface area (Å²) in [7, 11) is 0. The Bertz CT molecular complexity index is 210. The van der Waals surface area contributed by atoms with E-state index in [1.807, 2.05) is 0 Å². The van der Waals surface area contributed by atoms with Crippen LogP contribution in [0.4, 0.5) is 0 Å². The maximum atomic E-state index is 10.4. The first-order valence-corrected chi connectivity index (χ1v) is 2.56. The molecule has 0 N–H and O–H groups in total. The molecule has 2 nitrogen and oxygen atoms in total. The van der Waals surface area contributed by atoms with Gasteiger partial charge >= 0.3 is 0 Å². The minimum absolute atomic E-state index is 0.00954. The van der Waals surface area contributed by atoms with Crippen molar-refractivity contribution in [2.75, 3.05) is 0 Å². The van der Waals surface area contributed by atoms with Crippen molar-refractivity contribution < 1.29 is 0 Å². The number of aromatic nitrogens is 1. The summed E-state index contributed by atoms with van der Waals surface area (Å²) in [6.07, 6.45) is 3.18. The van der Waals surface area contributed by atoms with Crippen molar-refractivity contribution in [3.8, 4) is 0 Å². The van der Waals surface area contributed by atoms with Crippen LogP contribution in [0.1, 0.15) is 0 Å². The van der Waals surface area contributed by atoms with Gasteiger partial charge in [0.2, 0.25) is 0 Å². The van der Waals surface area contributed by atoms with Crippen LogP contribution in [0.5, 0.6) is 0 Å². The first kappa shape index (κ1) is 5.44. The van der Waals surface area contributed by atoms with Gasteiger partial charge in [0.1, 0.15) is 0 Å². The van der Waals surface area contributed by atoms with E-state index in [-0.39, 0.29) is 5.43 Å². The second-order valence-corrected chi connectivity index (χ2v) is 1.88. The predicted octanol–water partition coefficient (Wildman–Crippen LogP) is 0.541. The quantitative estimate of drug-likeness (QED) is 0.505. The van der Waals surface area contributed by atoms with Gasteiger partial charge in [0.25, 0.3) is 0 Å². The standard InChI is InChI=1S/C5H5NOS/c7-5-1-3-6(8)4-2-5/h1-4,8H. The summed E-state index contributed by atoms with van der Waals surface area (Å²) < 4.78 is 1.52. The Hall–Kier alpha value is -0.700. The van der Waals surface area contributed by atoms with Crippen LogP contribution in [0.25, 0.3) is 0 Å². The van der Waals surface area contributed by atoms with E-state index < -0.39 is 0 Å². The molecule has 0 fully saturated rings. The molecule has 0 saturated carbocycles. The van der Waals surface area contributed by atoms with Gasteiger partial charge < -0.3 is 3.97 Å². The number of pyridine rings is 1. The maximum Gasteiger partial charge on any atom is 0.181 e. The average Bonchev–Trinajstić information content (AvgIpc) is 1.77. The van der Waals surface area contributed by atoms with Crippen molar-refractivity contribution in [2.45, 2.75) is 0 Å². The molecular formula is C5H5NOS. The molecule has 3 heteroatoms. The lowest BCUT2D eigenvalue weighted by atomic mass is 10.5. The van der Waals surface area contributed by atoms with E-state index in [4.69, 9.17) is 0 Å². The van der Waals surface area contributed by atoms with E-state index in [2.05, 4.69) is 12.8 Å². The molecular weight excluding hydrogens is 122 g/mol. The Balaban J connectivity index is 3.22. The fourth-order valence-corrected chi connectivity index (χ4v) is 0.538. The summed E-state index contributed by atoms with van der Waals surface area (Å²) in [6, 6.07) is 2.90. The van der Waals surface area contributed by atoms with Crippen molar-refractivity contribution in [1.29, 1.82) is 0 Å². The van der Waals surface area contributed by atoms with Gasteiger partial charge in [-0.1, -0.05) is 12.8 Å². The Labute approximate surface area is 52.3 Å². The summed E-state index contributed by atoms with van der Waals surface area (Å²) >= 11 is 3.91. The molecule has 42 valence electrons. The second kappa shape index (κ2) is 2.05. The summed E-state index contributed by atoms with van der Waals surface area (Å²) in [5.41, 5.74) is 0.00954. The molecule has 0 saturated heterocycles. The van der Waals surface area contributed by atoms with E-state index in [0.717, 1.165) is 0 Å². The predicted molar refractivity (Wildman–Crippen MR) is 35.1 cm³/mol. The molecule has 1 rings (SSSR count). The number of rotatable bonds is 0. The highest BCUT2D eigenvalue weighted by atomic mass is 32.1. The third-order valence-corrected chi connectivity index (χ3v) is 1.05. The van der Waals surface area contributed by atoms with E-state index in [1.165, 1.54) is 16.1 Å². The smallest absolute Gasteiger partial charge is 0.181 e. The molecule has 0 atom stereocenters. The normalized spacial score (nSPS) is 9.12. The number of hydrogen-bond acceptors (Lipinski definition) is 2. The number of hydrogen-bond donors (Lipinski definition) is 1. The van der Waals surface area contributed by atoms with E-state index in [9.17, 15) is 4.79 Å². The molecule has 0 radical (unpaired) electrons. The van der Waals surface area contributed by atoms with Crippen molar-refractivity contribution in [2.24, 2.45) is 0 Å². The monoisotopic (exact) mass is 127 g/mol. The summed E-state index contributed by atoms with van der Waals surface area (Å²) in [6.45, 7) is 0. The molecule has 1 heterocycles. The van der Waals surface area contributed by atoms with Crippen LogP contribution in [0.2, 0.25) is 0 Å². The van der Waals surface area contributed by atoms with Gasteiger partial charge in [-0.3, -0.25) is 4.79 Å². The third-order valence-electron chi connectivity index (χ3n) is 0.783. The molecule has 1 aromatic heterocycles. The van der Waals surface area contributed by atoms with E-state index in [0.29, 0.717) is 0 Å². The van der Waals surface area contributed by atoms with Crippen LogP contribution in [0.15, 0.2) is 29.3 Å². The van der Waals surface area contributed by atoms with Gasteiger partial charge in [-0.2, -0.15) is 0 Å². The fraction of sp³-hybridized carbons (Fsp3) is 0.